The molecule has 1 heterocycles. The van der Waals surface area contributed by atoms with Crippen molar-refractivity contribution < 1.29 is 9.53 Å². The number of nitrogens with one attached hydrogen (secondary N) is 1. The zero-order valence-electron chi connectivity index (χ0n) is 8.30. The number of carbonyl (C=O) groups is 1. The van der Waals surface area contributed by atoms with Gasteiger partial charge in [0.25, 0.3) is 0 Å². The first-order valence-electron chi connectivity index (χ1n) is 4.71. The quantitative estimate of drug-likeness (QED) is 0.653. The highest BCUT2D eigenvalue weighted by atomic mass is 16.5. The number of hydrogen-bond donors (Lipinski definition) is 2. The minimum absolute atomic E-state index is 0.170. The fourth-order valence-electron chi connectivity index (χ4n) is 1.39. The fourth-order valence-corrected chi connectivity index (χ4v) is 1.39. The lowest BCUT2D eigenvalue weighted by Crippen LogP contribution is -2.45. The maximum absolute atomic E-state index is 11.0. The maximum atomic E-state index is 11.0. The first-order chi connectivity index (χ1) is 6.02. The number of piperidine rings is 1. The van der Waals surface area contributed by atoms with Crippen LogP contribution in [0.3, 0.4) is 0 Å². The SMILES string of the molecule is CC(C)(OC1CCNCC1)C(N)=O. The minimum Gasteiger partial charge on any atom is -0.367 e. The summed E-state index contributed by atoms with van der Waals surface area (Å²) in [6, 6.07) is 0. The van der Waals surface area contributed by atoms with Crippen LogP contribution in [-0.2, 0) is 9.53 Å². The summed E-state index contributed by atoms with van der Waals surface area (Å²) in [6.45, 7) is 5.35. The molecule has 4 nitrogen and oxygen atoms in total. The minimum atomic E-state index is -0.831. The summed E-state index contributed by atoms with van der Waals surface area (Å²) < 4.78 is 5.63. The number of carbonyl (C=O) groups excluding carboxylic acids is 1. The third-order valence-electron chi connectivity index (χ3n) is 2.34. The van der Waals surface area contributed by atoms with Gasteiger partial charge in [0.1, 0.15) is 5.60 Å². The van der Waals surface area contributed by atoms with Gasteiger partial charge in [-0.3, -0.25) is 4.79 Å². The molecule has 3 N–H and O–H groups in total. The predicted octanol–water partition coefficient (Wildman–Crippen LogP) is 0.0189. The average Bonchev–Trinajstić information content (AvgIpc) is 2.05. The predicted molar refractivity (Wildman–Crippen MR) is 50.3 cm³/mol. The Bertz CT molecular complexity index is 186. The van der Waals surface area contributed by atoms with Crippen molar-refractivity contribution in [3.05, 3.63) is 0 Å². The molecule has 1 rings (SSSR count). The summed E-state index contributed by atoms with van der Waals surface area (Å²) in [6.07, 6.45) is 2.08. The summed E-state index contributed by atoms with van der Waals surface area (Å²) >= 11 is 0. The molecule has 1 fully saturated rings. The number of nitrogens with two attached hydrogens (primary N) is 1. The molecule has 1 aliphatic heterocycles. The summed E-state index contributed by atoms with van der Waals surface area (Å²) in [7, 11) is 0. The van der Waals surface area contributed by atoms with Gasteiger partial charge in [-0.15, -0.1) is 0 Å². The molecular formula is C9H18N2O2. The van der Waals surface area contributed by atoms with Crippen molar-refractivity contribution in [2.75, 3.05) is 13.1 Å². The standard InChI is InChI=1S/C9H18N2O2/c1-9(2,8(10)12)13-7-3-5-11-6-4-7/h7,11H,3-6H2,1-2H3,(H2,10,12). The first kappa shape index (κ1) is 10.5. The molecule has 0 radical (unpaired) electrons. The van der Waals surface area contributed by atoms with Crippen molar-refractivity contribution in [1.29, 1.82) is 0 Å². The Balaban J connectivity index is 2.41. The molecule has 13 heavy (non-hydrogen) atoms. The van der Waals surface area contributed by atoms with Crippen molar-refractivity contribution in [3.63, 3.8) is 0 Å². The second-order valence-corrected chi connectivity index (χ2v) is 3.94. The number of hydrogen-bond acceptors (Lipinski definition) is 3. The van der Waals surface area contributed by atoms with E-state index < -0.39 is 11.5 Å². The third kappa shape index (κ3) is 2.97. The van der Waals surface area contributed by atoms with E-state index in [9.17, 15) is 4.79 Å². The Labute approximate surface area is 78.8 Å². The molecular weight excluding hydrogens is 168 g/mol. The lowest BCUT2D eigenvalue weighted by atomic mass is 10.1. The number of amides is 1. The van der Waals surface area contributed by atoms with E-state index in [0.717, 1.165) is 25.9 Å². The van der Waals surface area contributed by atoms with Crippen molar-refractivity contribution in [2.45, 2.75) is 38.4 Å². The average molecular weight is 186 g/mol. The molecule has 76 valence electrons. The number of rotatable bonds is 3. The van der Waals surface area contributed by atoms with Crippen molar-refractivity contribution >= 4 is 5.91 Å². The van der Waals surface area contributed by atoms with Gasteiger partial charge in [0.15, 0.2) is 0 Å². The molecule has 0 unspecified atom stereocenters. The second-order valence-electron chi connectivity index (χ2n) is 3.94. The Morgan fingerprint density at radius 3 is 2.46 bits per heavy atom. The smallest absolute Gasteiger partial charge is 0.249 e. The van der Waals surface area contributed by atoms with Gasteiger partial charge in [0.2, 0.25) is 5.91 Å². The van der Waals surface area contributed by atoms with Gasteiger partial charge in [-0.05, 0) is 39.8 Å². The molecule has 1 saturated heterocycles. The van der Waals surface area contributed by atoms with Crippen LogP contribution < -0.4 is 11.1 Å². The zero-order valence-corrected chi connectivity index (χ0v) is 8.30. The van der Waals surface area contributed by atoms with E-state index in [1.54, 1.807) is 13.8 Å². The molecule has 0 atom stereocenters. The van der Waals surface area contributed by atoms with Crippen molar-refractivity contribution in [3.8, 4) is 0 Å². The van der Waals surface area contributed by atoms with Gasteiger partial charge in [-0.1, -0.05) is 0 Å². The molecule has 0 spiro atoms. The summed E-state index contributed by atoms with van der Waals surface area (Å²) in [5.41, 5.74) is 4.38. The Hall–Kier alpha value is -0.610. The van der Waals surface area contributed by atoms with E-state index in [0.29, 0.717) is 0 Å². The second kappa shape index (κ2) is 4.07. The third-order valence-corrected chi connectivity index (χ3v) is 2.34. The maximum Gasteiger partial charge on any atom is 0.249 e. The van der Waals surface area contributed by atoms with Crippen molar-refractivity contribution in [2.24, 2.45) is 5.73 Å². The Morgan fingerprint density at radius 1 is 1.46 bits per heavy atom. The zero-order chi connectivity index (χ0) is 9.90. The summed E-state index contributed by atoms with van der Waals surface area (Å²) in [5.74, 6) is -0.397. The highest BCUT2D eigenvalue weighted by Crippen LogP contribution is 2.17. The van der Waals surface area contributed by atoms with Crippen LogP contribution in [0.4, 0.5) is 0 Å². The van der Waals surface area contributed by atoms with Crippen LogP contribution in [0.25, 0.3) is 0 Å². The Morgan fingerprint density at radius 2 is 2.00 bits per heavy atom. The van der Waals surface area contributed by atoms with E-state index in [1.807, 2.05) is 0 Å². The molecule has 0 aliphatic carbocycles. The number of ether oxygens (including phenoxy) is 1. The molecule has 0 bridgehead atoms. The van der Waals surface area contributed by atoms with Crippen LogP contribution in [-0.4, -0.2) is 30.7 Å². The Kier molecular flexibility index (Phi) is 3.27. The van der Waals surface area contributed by atoms with Crippen LogP contribution >= 0.6 is 0 Å². The van der Waals surface area contributed by atoms with Crippen LogP contribution in [0.5, 0.6) is 0 Å². The number of primary amides is 1. The van der Waals surface area contributed by atoms with E-state index in [4.69, 9.17) is 10.5 Å². The molecule has 0 saturated carbocycles. The van der Waals surface area contributed by atoms with Gasteiger partial charge < -0.3 is 15.8 Å². The summed E-state index contributed by atoms with van der Waals surface area (Å²) in [4.78, 5) is 11.0. The van der Waals surface area contributed by atoms with E-state index >= 15 is 0 Å². The molecule has 0 aromatic rings. The van der Waals surface area contributed by atoms with Gasteiger partial charge in [0.05, 0.1) is 6.10 Å². The lowest BCUT2D eigenvalue weighted by Gasteiger charge is -2.30. The van der Waals surface area contributed by atoms with Crippen LogP contribution in [0, 0.1) is 0 Å². The first-order valence-corrected chi connectivity index (χ1v) is 4.71. The van der Waals surface area contributed by atoms with Gasteiger partial charge in [0, 0.05) is 0 Å². The van der Waals surface area contributed by atoms with Crippen LogP contribution in [0.2, 0.25) is 0 Å². The highest BCUT2D eigenvalue weighted by Gasteiger charge is 2.29. The molecule has 1 aliphatic rings. The van der Waals surface area contributed by atoms with Gasteiger partial charge in [-0.2, -0.15) is 0 Å². The van der Waals surface area contributed by atoms with E-state index in [2.05, 4.69) is 5.32 Å². The van der Waals surface area contributed by atoms with Crippen LogP contribution in [0.1, 0.15) is 26.7 Å². The molecule has 0 aromatic heterocycles. The fraction of sp³-hybridized carbons (Fsp3) is 0.889. The van der Waals surface area contributed by atoms with E-state index in [1.165, 1.54) is 0 Å². The lowest BCUT2D eigenvalue weighted by molar-refractivity contribution is -0.148. The van der Waals surface area contributed by atoms with Crippen molar-refractivity contribution in [1.82, 2.24) is 5.32 Å². The van der Waals surface area contributed by atoms with Gasteiger partial charge >= 0.3 is 0 Å². The molecule has 0 aromatic carbocycles. The topological polar surface area (TPSA) is 64.3 Å². The van der Waals surface area contributed by atoms with Gasteiger partial charge in [-0.25, -0.2) is 0 Å². The molecule has 1 amide bonds. The molecule has 4 heteroatoms. The van der Waals surface area contributed by atoms with E-state index in [-0.39, 0.29) is 6.10 Å². The van der Waals surface area contributed by atoms with Crippen LogP contribution in [0.15, 0.2) is 0 Å². The monoisotopic (exact) mass is 186 g/mol. The largest absolute Gasteiger partial charge is 0.367 e. The summed E-state index contributed by atoms with van der Waals surface area (Å²) in [5, 5.41) is 3.23. The normalized spacial score (nSPS) is 20.2. The highest BCUT2D eigenvalue weighted by molar-refractivity contribution is 5.82.